The number of fused-ring (bicyclic) bond motifs is 1. The Hall–Kier alpha value is -2.02. The number of hydrogen-bond acceptors (Lipinski definition) is 3. The van der Waals surface area contributed by atoms with Gasteiger partial charge in [0.15, 0.2) is 0 Å². The fourth-order valence-corrected chi connectivity index (χ4v) is 3.19. The number of benzene rings is 1. The molecule has 0 unspecified atom stereocenters. The van der Waals surface area contributed by atoms with E-state index in [4.69, 9.17) is 9.84 Å². The van der Waals surface area contributed by atoms with E-state index in [1.54, 1.807) is 18.2 Å². The molecule has 2 aliphatic heterocycles. The second kappa shape index (κ2) is 6.23. The van der Waals surface area contributed by atoms with Gasteiger partial charge in [-0.15, -0.1) is 0 Å². The molecule has 7 heteroatoms. The van der Waals surface area contributed by atoms with E-state index in [-0.39, 0.29) is 13.1 Å². The monoisotopic (exact) mass is 325 g/mol. The Kier molecular flexibility index (Phi) is 4.30. The lowest BCUT2D eigenvalue weighted by Crippen LogP contribution is -2.30. The molecule has 2 heterocycles. The molecule has 0 bridgehead atoms. The SMILES string of the molecule is O=C(O)[C@@H]1CN(C(=O)c2ccc3c(c2)CCOC3)C[C@H]1C(F)F. The third-order valence-corrected chi connectivity index (χ3v) is 4.52. The maximum Gasteiger partial charge on any atom is 0.308 e. The van der Waals surface area contributed by atoms with Gasteiger partial charge in [0.05, 0.1) is 25.0 Å². The van der Waals surface area contributed by atoms with Crippen LogP contribution in [0.15, 0.2) is 18.2 Å². The summed E-state index contributed by atoms with van der Waals surface area (Å²) in [4.78, 5) is 24.9. The van der Waals surface area contributed by atoms with Crippen molar-refractivity contribution in [2.24, 2.45) is 11.8 Å². The molecule has 2 atom stereocenters. The number of hydrogen-bond donors (Lipinski definition) is 1. The van der Waals surface area contributed by atoms with Crippen LogP contribution >= 0.6 is 0 Å². The summed E-state index contributed by atoms with van der Waals surface area (Å²) in [5.74, 6) is -4.21. The lowest BCUT2D eigenvalue weighted by molar-refractivity contribution is -0.144. The summed E-state index contributed by atoms with van der Waals surface area (Å²) in [5.41, 5.74) is 2.44. The van der Waals surface area contributed by atoms with E-state index in [9.17, 15) is 18.4 Å². The number of amides is 1. The lowest BCUT2D eigenvalue weighted by Gasteiger charge is -2.20. The van der Waals surface area contributed by atoms with Crippen molar-refractivity contribution in [1.29, 1.82) is 0 Å². The highest BCUT2D eigenvalue weighted by molar-refractivity contribution is 5.95. The van der Waals surface area contributed by atoms with Crippen LogP contribution in [0.3, 0.4) is 0 Å². The molecule has 0 aliphatic carbocycles. The summed E-state index contributed by atoms with van der Waals surface area (Å²) in [6.07, 6.45) is -2.05. The first-order chi connectivity index (χ1) is 11.0. The zero-order chi connectivity index (χ0) is 16.6. The molecule has 0 saturated carbocycles. The molecule has 1 aromatic rings. The number of aliphatic carboxylic acids is 1. The third kappa shape index (κ3) is 3.06. The number of carboxylic acid groups (broad SMARTS) is 1. The van der Waals surface area contributed by atoms with Crippen LogP contribution in [0.4, 0.5) is 8.78 Å². The molecule has 1 fully saturated rings. The van der Waals surface area contributed by atoms with Crippen LogP contribution in [0.25, 0.3) is 0 Å². The second-order valence-electron chi connectivity index (χ2n) is 5.94. The van der Waals surface area contributed by atoms with Crippen LogP contribution in [0, 0.1) is 11.8 Å². The largest absolute Gasteiger partial charge is 0.481 e. The number of likely N-dealkylation sites (tertiary alicyclic amines) is 1. The Labute approximate surface area is 131 Å². The normalized spacial score (nSPS) is 23.9. The van der Waals surface area contributed by atoms with Crippen molar-refractivity contribution in [1.82, 2.24) is 4.90 Å². The van der Waals surface area contributed by atoms with E-state index >= 15 is 0 Å². The first kappa shape index (κ1) is 15.9. The fraction of sp³-hybridized carbons (Fsp3) is 0.500. The van der Waals surface area contributed by atoms with Gasteiger partial charge in [0.2, 0.25) is 6.43 Å². The van der Waals surface area contributed by atoms with Gasteiger partial charge in [-0.05, 0) is 29.7 Å². The first-order valence-electron chi connectivity index (χ1n) is 7.47. The highest BCUT2D eigenvalue weighted by Crippen LogP contribution is 2.30. The maximum absolute atomic E-state index is 13.0. The van der Waals surface area contributed by atoms with Crippen LogP contribution in [-0.4, -0.2) is 48.0 Å². The number of nitrogens with zero attached hydrogens (tertiary/aromatic N) is 1. The summed E-state index contributed by atoms with van der Waals surface area (Å²) < 4.78 is 31.3. The van der Waals surface area contributed by atoms with Gasteiger partial charge in [0.25, 0.3) is 5.91 Å². The van der Waals surface area contributed by atoms with Crippen molar-refractivity contribution >= 4 is 11.9 Å². The molecule has 23 heavy (non-hydrogen) atoms. The number of carbonyl (C=O) groups is 2. The van der Waals surface area contributed by atoms with Gasteiger partial charge < -0.3 is 14.7 Å². The molecule has 2 aliphatic rings. The predicted octanol–water partition coefficient (Wildman–Crippen LogP) is 1.80. The van der Waals surface area contributed by atoms with Gasteiger partial charge in [0.1, 0.15) is 0 Å². The Morgan fingerprint density at radius 1 is 1.26 bits per heavy atom. The second-order valence-corrected chi connectivity index (χ2v) is 5.94. The molecule has 1 saturated heterocycles. The standard InChI is InChI=1S/C16H17F2NO4/c17-14(18)12-6-19(7-13(12)16(21)22)15(20)10-1-2-11-8-23-4-3-9(11)5-10/h1-2,5,12-14H,3-4,6-8H2,(H,21,22)/t12-,13-/m1/s1. The molecular weight excluding hydrogens is 308 g/mol. The highest BCUT2D eigenvalue weighted by atomic mass is 19.3. The topological polar surface area (TPSA) is 66.8 Å². The maximum atomic E-state index is 13.0. The minimum atomic E-state index is -2.76. The minimum absolute atomic E-state index is 0.177. The van der Waals surface area contributed by atoms with Gasteiger partial charge >= 0.3 is 5.97 Å². The van der Waals surface area contributed by atoms with Crippen molar-refractivity contribution in [3.05, 3.63) is 34.9 Å². The quantitative estimate of drug-likeness (QED) is 0.920. The number of carboxylic acids is 1. The minimum Gasteiger partial charge on any atom is -0.481 e. The van der Waals surface area contributed by atoms with Gasteiger partial charge in [-0.3, -0.25) is 9.59 Å². The van der Waals surface area contributed by atoms with Crippen molar-refractivity contribution in [2.45, 2.75) is 19.5 Å². The lowest BCUT2D eigenvalue weighted by atomic mass is 9.97. The summed E-state index contributed by atoms with van der Waals surface area (Å²) >= 11 is 0. The van der Waals surface area contributed by atoms with Crippen LogP contribution in [0.2, 0.25) is 0 Å². The molecule has 0 aromatic heterocycles. The number of carbonyl (C=O) groups excluding carboxylic acids is 1. The first-order valence-corrected chi connectivity index (χ1v) is 7.47. The zero-order valence-corrected chi connectivity index (χ0v) is 12.4. The third-order valence-electron chi connectivity index (χ3n) is 4.52. The van der Waals surface area contributed by atoms with Crippen LogP contribution in [0.1, 0.15) is 21.5 Å². The van der Waals surface area contributed by atoms with Crippen LogP contribution < -0.4 is 0 Å². The number of rotatable bonds is 3. The highest BCUT2D eigenvalue weighted by Gasteiger charge is 2.44. The fourth-order valence-electron chi connectivity index (χ4n) is 3.19. The number of alkyl halides is 2. The summed E-state index contributed by atoms with van der Waals surface area (Å²) in [6.45, 7) is 0.683. The zero-order valence-electron chi connectivity index (χ0n) is 12.4. The Morgan fingerprint density at radius 2 is 2.04 bits per heavy atom. The molecule has 124 valence electrons. The van der Waals surface area contributed by atoms with Gasteiger partial charge in [-0.25, -0.2) is 8.78 Å². The molecule has 0 radical (unpaired) electrons. The van der Waals surface area contributed by atoms with Gasteiger partial charge in [-0.2, -0.15) is 0 Å². The summed E-state index contributed by atoms with van der Waals surface area (Å²) in [5, 5.41) is 9.08. The number of ether oxygens (including phenoxy) is 1. The van der Waals surface area contributed by atoms with E-state index in [1.807, 2.05) is 0 Å². The van der Waals surface area contributed by atoms with Gasteiger partial charge in [-0.1, -0.05) is 6.07 Å². The molecule has 5 nitrogen and oxygen atoms in total. The summed E-state index contributed by atoms with van der Waals surface area (Å²) in [7, 11) is 0. The summed E-state index contributed by atoms with van der Waals surface area (Å²) in [6, 6.07) is 5.20. The molecular formula is C16H17F2NO4. The number of halogens is 2. The predicted molar refractivity (Wildman–Crippen MR) is 76.3 cm³/mol. The van der Waals surface area contributed by atoms with E-state index in [1.165, 1.54) is 4.90 Å². The molecule has 1 aromatic carbocycles. The molecule has 0 spiro atoms. The van der Waals surface area contributed by atoms with Crippen molar-refractivity contribution < 1.29 is 28.2 Å². The Balaban J connectivity index is 1.79. The molecule has 1 N–H and O–H groups in total. The molecule has 1 amide bonds. The van der Waals surface area contributed by atoms with Crippen molar-refractivity contribution in [2.75, 3.05) is 19.7 Å². The smallest absolute Gasteiger partial charge is 0.308 e. The average Bonchev–Trinajstić information content (AvgIpc) is 2.99. The van der Waals surface area contributed by atoms with E-state index in [0.717, 1.165) is 11.1 Å². The van der Waals surface area contributed by atoms with Gasteiger partial charge in [0, 0.05) is 18.7 Å². The average molecular weight is 325 g/mol. The van der Waals surface area contributed by atoms with Crippen molar-refractivity contribution in [3.8, 4) is 0 Å². The van der Waals surface area contributed by atoms with Crippen LogP contribution in [-0.2, 0) is 22.6 Å². The Bertz CT molecular complexity index is 635. The van der Waals surface area contributed by atoms with E-state index < -0.39 is 30.1 Å². The Morgan fingerprint density at radius 3 is 2.70 bits per heavy atom. The van der Waals surface area contributed by atoms with E-state index in [2.05, 4.69) is 0 Å². The van der Waals surface area contributed by atoms with E-state index in [0.29, 0.717) is 25.2 Å². The van der Waals surface area contributed by atoms with Crippen molar-refractivity contribution in [3.63, 3.8) is 0 Å². The molecule has 3 rings (SSSR count). The van der Waals surface area contributed by atoms with Crippen LogP contribution in [0.5, 0.6) is 0 Å².